The molecule has 1 aliphatic heterocycles. The molecular weight excluding hydrogens is 356 g/mol. The van der Waals surface area contributed by atoms with Gasteiger partial charge in [-0.1, -0.05) is 23.7 Å². The smallest absolute Gasteiger partial charge is 0.263 e. The van der Waals surface area contributed by atoms with Gasteiger partial charge < -0.3 is 5.32 Å². The maximum atomic E-state index is 12.4. The molecule has 1 aliphatic rings. The standard InChI is InChI=1S/C15H15ClN2O3S2/c1-9-13(14(19)18-12-5-6-23(20,21)8-12)22-15(17-9)10-3-2-4-11(16)7-10/h2-4,7,12H,5-6,8H2,1H3,(H,18,19)/t12-/m1/s1. The molecule has 122 valence electrons. The second-order valence-electron chi connectivity index (χ2n) is 5.52. The highest BCUT2D eigenvalue weighted by Crippen LogP contribution is 2.29. The number of hydrogen-bond donors (Lipinski definition) is 1. The lowest BCUT2D eigenvalue weighted by Gasteiger charge is -2.09. The zero-order valence-corrected chi connectivity index (χ0v) is 14.8. The summed E-state index contributed by atoms with van der Waals surface area (Å²) in [7, 11) is -3.02. The van der Waals surface area contributed by atoms with E-state index in [9.17, 15) is 13.2 Å². The van der Waals surface area contributed by atoms with Crippen molar-refractivity contribution in [2.45, 2.75) is 19.4 Å². The monoisotopic (exact) mass is 370 g/mol. The van der Waals surface area contributed by atoms with Gasteiger partial charge in [0.1, 0.15) is 9.88 Å². The predicted octanol–water partition coefficient (Wildman–Crippen LogP) is 2.69. The van der Waals surface area contributed by atoms with Crippen LogP contribution >= 0.6 is 22.9 Å². The first-order valence-corrected chi connectivity index (χ1v) is 10.1. The Morgan fingerprint density at radius 1 is 1.43 bits per heavy atom. The summed E-state index contributed by atoms with van der Waals surface area (Å²) >= 11 is 7.27. The number of halogens is 1. The van der Waals surface area contributed by atoms with Crippen molar-refractivity contribution in [2.75, 3.05) is 11.5 Å². The molecule has 0 spiro atoms. The highest BCUT2D eigenvalue weighted by Gasteiger charge is 2.30. The zero-order chi connectivity index (χ0) is 16.6. The molecule has 0 unspecified atom stereocenters. The molecular formula is C15H15ClN2O3S2. The van der Waals surface area contributed by atoms with Gasteiger partial charge in [0, 0.05) is 16.6 Å². The van der Waals surface area contributed by atoms with Crippen LogP contribution in [0.2, 0.25) is 5.02 Å². The summed E-state index contributed by atoms with van der Waals surface area (Å²) in [6.07, 6.45) is 0.465. The van der Waals surface area contributed by atoms with E-state index in [4.69, 9.17) is 11.6 Å². The van der Waals surface area contributed by atoms with Crippen LogP contribution in [0.5, 0.6) is 0 Å². The Kier molecular flexibility index (Phi) is 4.44. The summed E-state index contributed by atoms with van der Waals surface area (Å²) in [5.74, 6) is -0.124. The van der Waals surface area contributed by atoms with Crippen molar-refractivity contribution in [3.05, 3.63) is 39.9 Å². The van der Waals surface area contributed by atoms with E-state index in [1.165, 1.54) is 11.3 Å². The van der Waals surface area contributed by atoms with E-state index >= 15 is 0 Å². The minimum Gasteiger partial charge on any atom is -0.347 e. The number of nitrogens with one attached hydrogen (secondary N) is 1. The molecule has 1 saturated heterocycles. The third-order valence-corrected chi connectivity index (χ3v) is 6.85. The van der Waals surface area contributed by atoms with Crippen LogP contribution < -0.4 is 5.32 Å². The van der Waals surface area contributed by atoms with E-state index in [-0.39, 0.29) is 23.5 Å². The topological polar surface area (TPSA) is 76.1 Å². The molecule has 1 amide bonds. The van der Waals surface area contributed by atoms with Crippen LogP contribution in [0.4, 0.5) is 0 Å². The van der Waals surface area contributed by atoms with Crippen LogP contribution in [0.3, 0.4) is 0 Å². The lowest BCUT2D eigenvalue weighted by Crippen LogP contribution is -2.35. The third-order valence-electron chi connectivity index (χ3n) is 3.64. The Hall–Kier alpha value is -1.44. The predicted molar refractivity (Wildman–Crippen MR) is 91.8 cm³/mol. The van der Waals surface area contributed by atoms with Crippen LogP contribution in [-0.4, -0.2) is 36.9 Å². The van der Waals surface area contributed by atoms with Gasteiger partial charge in [-0.15, -0.1) is 11.3 Å². The van der Waals surface area contributed by atoms with Crippen LogP contribution in [0.25, 0.3) is 10.6 Å². The van der Waals surface area contributed by atoms with Crippen molar-refractivity contribution in [3.8, 4) is 10.6 Å². The third kappa shape index (κ3) is 3.73. The SMILES string of the molecule is Cc1nc(-c2cccc(Cl)c2)sc1C(=O)N[C@@H]1CCS(=O)(=O)C1. The molecule has 0 saturated carbocycles. The first-order chi connectivity index (χ1) is 10.8. The van der Waals surface area contributed by atoms with Crippen molar-refractivity contribution < 1.29 is 13.2 Å². The van der Waals surface area contributed by atoms with Gasteiger partial charge in [-0.3, -0.25) is 4.79 Å². The van der Waals surface area contributed by atoms with E-state index in [0.717, 1.165) is 5.56 Å². The van der Waals surface area contributed by atoms with E-state index in [1.54, 1.807) is 19.1 Å². The van der Waals surface area contributed by atoms with Crippen molar-refractivity contribution in [3.63, 3.8) is 0 Å². The van der Waals surface area contributed by atoms with Gasteiger partial charge in [0.2, 0.25) is 0 Å². The number of rotatable bonds is 3. The van der Waals surface area contributed by atoms with Crippen molar-refractivity contribution in [1.82, 2.24) is 10.3 Å². The normalized spacial score (nSPS) is 19.7. The Labute approximate surface area is 143 Å². The second kappa shape index (κ2) is 6.22. The van der Waals surface area contributed by atoms with Crippen molar-refractivity contribution >= 4 is 38.7 Å². The number of benzene rings is 1. The number of carbonyl (C=O) groups is 1. The number of aromatic nitrogens is 1. The number of carbonyl (C=O) groups excluding carboxylic acids is 1. The molecule has 0 bridgehead atoms. The lowest BCUT2D eigenvalue weighted by atomic mass is 10.2. The average molecular weight is 371 g/mol. The number of thiazole rings is 1. The van der Waals surface area contributed by atoms with Gasteiger partial charge >= 0.3 is 0 Å². The minimum absolute atomic E-state index is 0.0116. The number of sulfone groups is 1. The van der Waals surface area contributed by atoms with E-state index in [2.05, 4.69) is 10.3 Å². The molecule has 1 aromatic carbocycles. The molecule has 23 heavy (non-hydrogen) atoms. The Balaban J connectivity index is 1.79. The molecule has 0 aliphatic carbocycles. The van der Waals surface area contributed by atoms with Crippen LogP contribution in [0.1, 0.15) is 21.8 Å². The van der Waals surface area contributed by atoms with Gasteiger partial charge in [0.25, 0.3) is 5.91 Å². The van der Waals surface area contributed by atoms with Gasteiger partial charge in [0.05, 0.1) is 17.2 Å². The van der Waals surface area contributed by atoms with Gasteiger partial charge in [-0.2, -0.15) is 0 Å². The summed E-state index contributed by atoms with van der Waals surface area (Å²) in [4.78, 5) is 17.3. The Morgan fingerprint density at radius 3 is 2.87 bits per heavy atom. The molecule has 5 nitrogen and oxygen atoms in total. The molecule has 3 rings (SSSR count). The molecule has 1 fully saturated rings. The lowest BCUT2D eigenvalue weighted by molar-refractivity contribution is 0.0944. The van der Waals surface area contributed by atoms with Gasteiger partial charge in [-0.25, -0.2) is 13.4 Å². The fourth-order valence-corrected chi connectivity index (χ4v) is 5.34. The fourth-order valence-electron chi connectivity index (χ4n) is 2.51. The zero-order valence-electron chi connectivity index (χ0n) is 12.4. The first-order valence-electron chi connectivity index (χ1n) is 7.09. The molecule has 8 heteroatoms. The molecule has 1 atom stereocenters. The maximum Gasteiger partial charge on any atom is 0.263 e. The summed E-state index contributed by atoms with van der Waals surface area (Å²) in [6, 6.07) is 6.97. The highest BCUT2D eigenvalue weighted by molar-refractivity contribution is 7.91. The number of nitrogens with zero attached hydrogens (tertiary/aromatic N) is 1. The number of aryl methyl sites for hydroxylation is 1. The number of amides is 1. The first kappa shape index (κ1) is 16.4. The van der Waals surface area contributed by atoms with Crippen molar-refractivity contribution in [1.29, 1.82) is 0 Å². The number of hydrogen-bond acceptors (Lipinski definition) is 5. The summed E-state index contributed by atoms with van der Waals surface area (Å²) in [5, 5.41) is 4.12. The summed E-state index contributed by atoms with van der Waals surface area (Å²) in [5.41, 5.74) is 1.48. The average Bonchev–Trinajstić information content (AvgIpc) is 3.01. The van der Waals surface area contributed by atoms with Gasteiger partial charge in [-0.05, 0) is 25.5 Å². The summed E-state index contributed by atoms with van der Waals surface area (Å²) < 4.78 is 22.9. The summed E-state index contributed by atoms with van der Waals surface area (Å²) in [6.45, 7) is 1.77. The van der Waals surface area contributed by atoms with E-state index in [1.807, 2.05) is 12.1 Å². The second-order valence-corrected chi connectivity index (χ2v) is 9.18. The molecule has 0 radical (unpaired) electrons. The molecule has 2 aromatic rings. The molecule has 2 heterocycles. The van der Waals surface area contributed by atoms with E-state index < -0.39 is 9.84 Å². The highest BCUT2D eigenvalue weighted by atomic mass is 35.5. The van der Waals surface area contributed by atoms with Crippen LogP contribution in [-0.2, 0) is 9.84 Å². The Bertz CT molecular complexity index is 861. The molecule has 1 N–H and O–H groups in total. The molecule has 1 aromatic heterocycles. The van der Waals surface area contributed by atoms with E-state index in [0.29, 0.717) is 27.0 Å². The van der Waals surface area contributed by atoms with Crippen LogP contribution in [0.15, 0.2) is 24.3 Å². The van der Waals surface area contributed by atoms with Crippen molar-refractivity contribution in [2.24, 2.45) is 0 Å². The largest absolute Gasteiger partial charge is 0.347 e. The Morgan fingerprint density at radius 2 is 2.22 bits per heavy atom. The van der Waals surface area contributed by atoms with Gasteiger partial charge in [0.15, 0.2) is 9.84 Å². The fraction of sp³-hybridized carbons (Fsp3) is 0.333. The quantitative estimate of drug-likeness (QED) is 0.901. The maximum absolute atomic E-state index is 12.4. The van der Waals surface area contributed by atoms with Crippen LogP contribution in [0, 0.1) is 6.92 Å². The minimum atomic E-state index is -3.02.